The van der Waals surface area contributed by atoms with Gasteiger partial charge in [-0.2, -0.15) is 0 Å². The van der Waals surface area contributed by atoms with Crippen LogP contribution in [0.4, 0.5) is 5.69 Å². The highest BCUT2D eigenvalue weighted by molar-refractivity contribution is 7.09. The van der Waals surface area contributed by atoms with Crippen molar-refractivity contribution < 1.29 is 33.8 Å². The molecule has 0 spiro atoms. The van der Waals surface area contributed by atoms with Crippen molar-refractivity contribution in [1.82, 2.24) is 10.6 Å². The number of carbonyl (C=O) groups is 5. The SMILES string of the molecule is O=Nc1ccc(C[C@@H]2NC(=O)[C@H](Cc3cccs3)CC(=O)COc3ccc(cc3)C[C@@H](C(=O)O)CC(=O)[C@H](Cc3ccccc3)NC2=O)cc1. The van der Waals surface area contributed by atoms with Gasteiger partial charge in [-0.1, -0.05) is 60.7 Å². The van der Waals surface area contributed by atoms with Gasteiger partial charge in [0.1, 0.15) is 24.1 Å². The Labute approximate surface area is 293 Å². The Bertz CT molecular complexity index is 1790. The van der Waals surface area contributed by atoms with Crippen LogP contribution in [-0.2, 0) is 49.7 Å². The number of thiophene rings is 1. The quantitative estimate of drug-likeness (QED) is 0.216. The lowest BCUT2D eigenvalue weighted by Crippen LogP contribution is -2.54. The van der Waals surface area contributed by atoms with Gasteiger partial charge in [-0.25, -0.2) is 0 Å². The first-order valence-corrected chi connectivity index (χ1v) is 17.1. The number of carboxylic acid groups (broad SMARTS) is 1. The van der Waals surface area contributed by atoms with Gasteiger partial charge in [-0.3, -0.25) is 24.0 Å². The molecule has 0 aliphatic carbocycles. The lowest BCUT2D eigenvalue weighted by atomic mass is 9.90. The van der Waals surface area contributed by atoms with Crippen molar-refractivity contribution in [3.63, 3.8) is 0 Å². The monoisotopic (exact) mass is 695 g/mol. The molecule has 0 saturated heterocycles. The zero-order valence-corrected chi connectivity index (χ0v) is 28.0. The minimum absolute atomic E-state index is 0.00251. The van der Waals surface area contributed by atoms with Crippen LogP contribution in [0, 0.1) is 16.7 Å². The van der Waals surface area contributed by atoms with Crippen molar-refractivity contribution in [2.75, 3.05) is 6.61 Å². The van der Waals surface area contributed by atoms with Crippen LogP contribution < -0.4 is 15.4 Å². The minimum atomic E-state index is -1.19. The summed E-state index contributed by atoms with van der Waals surface area (Å²) in [5.41, 5.74) is 2.21. The summed E-state index contributed by atoms with van der Waals surface area (Å²) in [4.78, 5) is 79.3. The summed E-state index contributed by atoms with van der Waals surface area (Å²) in [5.74, 6) is -4.64. The second-order valence-electron chi connectivity index (χ2n) is 12.3. The highest BCUT2D eigenvalue weighted by Crippen LogP contribution is 2.22. The van der Waals surface area contributed by atoms with Crippen molar-refractivity contribution >= 4 is 46.4 Å². The molecule has 3 N–H and O–H groups in total. The zero-order chi connectivity index (χ0) is 35.5. The van der Waals surface area contributed by atoms with Crippen LogP contribution in [0.1, 0.15) is 34.4 Å². The first-order chi connectivity index (χ1) is 24.2. The molecule has 0 unspecified atom stereocenters. The van der Waals surface area contributed by atoms with E-state index in [0.29, 0.717) is 16.9 Å². The summed E-state index contributed by atoms with van der Waals surface area (Å²) >= 11 is 1.45. The molecule has 0 saturated carbocycles. The Hall–Kier alpha value is -5.49. The number of amides is 2. The maximum absolute atomic E-state index is 14.1. The summed E-state index contributed by atoms with van der Waals surface area (Å²) in [5, 5.41) is 20.5. The molecule has 3 aromatic carbocycles. The van der Waals surface area contributed by atoms with Crippen LogP contribution in [0.5, 0.6) is 5.75 Å². The number of hydrogen-bond acceptors (Lipinski definition) is 9. The fourth-order valence-electron chi connectivity index (χ4n) is 5.86. The molecule has 2 amide bonds. The van der Waals surface area contributed by atoms with E-state index in [2.05, 4.69) is 15.8 Å². The van der Waals surface area contributed by atoms with E-state index >= 15 is 0 Å². The predicted molar refractivity (Wildman–Crippen MR) is 187 cm³/mol. The van der Waals surface area contributed by atoms with Crippen LogP contribution in [0.2, 0.25) is 0 Å². The van der Waals surface area contributed by atoms with Crippen molar-refractivity contribution in [2.24, 2.45) is 17.0 Å². The van der Waals surface area contributed by atoms with Gasteiger partial charge in [-0.05, 0) is 76.8 Å². The average molecular weight is 696 g/mol. The molecule has 6 rings (SSSR count). The standard InChI is InChI=1S/C38H37N3O8S/c42-30-20-27(21-32-7-4-16-50-32)36(44)40-34(19-26-8-12-29(41-48)13-9-26)37(45)39-33(18-24-5-2-1-3-6-24)35(43)22-28(38(46)47)17-25-10-14-31(15-11-25)49-23-30/h1-16,27-28,33-34H,17-23H2,(H,39,45)(H,40,44)(H,46,47)/t27-,28+,33-,34-/m0/s1. The molecule has 11 nitrogen and oxygen atoms in total. The number of aliphatic carboxylic acids is 1. The fourth-order valence-corrected chi connectivity index (χ4v) is 6.65. The average Bonchev–Trinajstić information content (AvgIpc) is 3.63. The third-order valence-electron chi connectivity index (χ3n) is 8.58. The highest BCUT2D eigenvalue weighted by atomic mass is 32.1. The van der Waals surface area contributed by atoms with Gasteiger partial charge in [0.25, 0.3) is 0 Å². The fraction of sp³-hybridized carbons (Fsp3) is 0.289. The number of carbonyl (C=O) groups excluding carboxylic acids is 4. The molecule has 0 fully saturated rings. The number of ether oxygens (including phenoxy) is 1. The van der Waals surface area contributed by atoms with Crippen molar-refractivity contribution in [3.05, 3.63) is 123 Å². The number of Topliss-reactive ketones (excluding diaryl/α,β-unsaturated/α-hetero) is 2. The van der Waals surface area contributed by atoms with Crippen LogP contribution in [-0.4, -0.2) is 53.1 Å². The number of benzene rings is 3. The number of fused-ring (bicyclic) bond motifs is 16. The Kier molecular flexibility index (Phi) is 12.4. The maximum Gasteiger partial charge on any atom is 0.307 e. The molecule has 2 aliphatic rings. The van der Waals surface area contributed by atoms with Crippen molar-refractivity contribution in [3.8, 4) is 5.75 Å². The van der Waals surface area contributed by atoms with E-state index in [1.807, 2.05) is 23.6 Å². The third-order valence-corrected chi connectivity index (χ3v) is 9.48. The summed E-state index contributed by atoms with van der Waals surface area (Å²) in [6.45, 7) is -0.290. The van der Waals surface area contributed by atoms with Gasteiger partial charge in [0.15, 0.2) is 11.6 Å². The Balaban J connectivity index is 1.50. The smallest absolute Gasteiger partial charge is 0.307 e. The van der Waals surface area contributed by atoms with Gasteiger partial charge in [0.05, 0.1) is 12.0 Å². The molecule has 3 heterocycles. The number of nitrogens with one attached hydrogen (secondary N) is 2. The van der Waals surface area contributed by atoms with Crippen molar-refractivity contribution in [2.45, 2.75) is 50.6 Å². The zero-order valence-electron chi connectivity index (χ0n) is 27.2. The van der Waals surface area contributed by atoms with Gasteiger partial charge in [0.2, 0.25) is 11.8 Å². The first-order valence-electron chi connectivity index (χ1n) is 16.2. The van der Waals surface area contributed by atoms with E-state index in [0.717, 1.165) is 10.4 Å². The van der Waals surface area contributed by atoms with Gasteiger partial charge in [0, 0.05) is 30.1 Å². The van der Waals surface area contributed by atoms with Gasteiger partial charge in [-0.15, -0.1) is 16.2 Å². The number of nitrogens with zero attached hydrogens (tertiary/aromatic N) is 1. The topological polar surface area (TPSA) is 168 Å². The lowest BCUT2D eigenvalue weighted by molar-refractivity contribution is -0.144. The number of hydrogen-bond donors (Lipinski definition) is 3. The Morgan fingerprint density at radius 1 is 0.760 bits per heavy atom. The molecular weight excluding hydrogens is 658 g/mol. The molecule has 1 aromatic heterocycles. The molecule has 0 radical (unpaired) electrons. The minimum Gasteiger partial charge on any atom is -0.486 e. The van der Waals surface area contributed by atoms with E-state index in [1.54, 1.807) is 60.7 Å². The van der Waals surface area contributed by atoms with E-state index in [9.17, 15) is 34.0 Å². The van der Waals surface area contributed by atoms with Crippen LogP contribution >= 0.6 is 11.3 Å². The van der Waals surface area contributed by atoms with Crippen molar-refractivity contribution in [1.29, 1.82) is 0 Å². The van der Waals surface area contributed by atoms with Gasteiger partial charge < -0.3 is 20.5 Å². The molecule has 4 aromatic rings. The van der Waals surface area contributed by atoms with Gasteiger partial charge >= 0.3 is 5.97 Å². The number of carboxylic acids is 1. The number of ketones is 2. The molecular formula is C38H37N3O8S. The summed E-state index contributed by atoms with van der Waals surface area (Å²) < 4.78 is 5.71. The molecule has 50 heavy (non-hydrogen) atoms. The largest absolute Gasteiger partial charge is 0.486 e. The van der Waals surface area contributed by atoms with E-state index < -0.39 is 47.5 Å². The number of nitroso groups, excluding NO2 is 1. The molecule has 2 aliphatic heterocycles. The van der Waals surface area contributed by atoms with Crippen LogP contribution in [0.25, 0.3) is 0 Å². The molecule has 258 valence electrons. The maximum atomic E-state index is 14.1. The Morgan fingerprint density at radius 3 is 2.10 bits per heavy atom. The van der Waals surface area contributed by atoms with Crippen LogP contribution in [0.3, 0.4) is 0 Å². The van der Waals surface area contributed by atoms with E-state index in [4.69, 9.17) is 4.74 Å². The summed E-state index contributed by atoms with van der Waals surface area (Å²) in [7, 11) is 0. The third kappa shape index (κ3) is 10.3. The predicted octanol–water partition coefficient (Wildman–Crippen LogP) is 5.01. The van der Waals surface area contributed by atoms with Crippen LogP contribution in [0.15, 0.2) is 102 Å². The normalized spacial score (nSPS) is 20.8. The second-order valence-corrected chi connectivity index (χ2v) is 13.4. The Morgan fingerprint density at radius 2 is 1.44 bits per heavy atom. The molecule has 2 bridgehead atoms. The first kappa shape index (κ1) is 35.8. The second kappa shape index (κ2) is 17.3. The summed E-state index contributed by atoms with van der Waals surface area (Å²) in [6.07, 6.45) is -0.0903. The lowest BCUT2D eigenvalue weighted by Gasteiger charge is -2.25. The molecule has 12 heteroatoms. The number of rotatable bonds is 8. The van der Waals surface area contributed by atoms with E-state index in [-0.39, 0.29) is 56.6 Å². The highest BCUT2D eigenvalue weighted by Gasteiger charge is 2.32. The summed E-state index contributed by atoms with van der Waals surface area (Å²) in [6, 6.07) is 23.3. The molecule has 4 atom stereocenters. The van der Waals surface area contributed by atoms with E-state index in [1.165, 1.54) is 23.5 Å².